The summed E-state index contributed by atoms with van der Waals surface area (Å²) in [6.45, 7) is 1.56. The van der Waals surface area contributed by atoms with Gasteiger partial charge in [-0.1, -0.05) is 34.8 Å². The highest BCUT2D eigenvalue weighted by molar-refractivity contribution is 6.48. The van der Waals surface area contributed by atoms with Crippen LogP contribution in [-0.2, 0) is 6.18 Å². The molecule has 0 fully saturated rings. The number of nitrogens with one attached hydrogen (secondary N) is 1. The lowest BCUT2D eigenvalue weighted by Gasteiger charge is -2.04. The average molecular weight is 303 g/mol. The Balaban J connectivity index is 2.86. The molecule has 0 aliphatic carbocycles. The Bertz CT molecular complexity index is 559. The highest BCUT2D eigenvalue weighted by atomic mass is 35.5. The van der Waals surface area contributed by atoms with Crippen molar-refractivity contribution < 1.29 is 13.2 Å². The number of alkyl halides is 3. The Morgan fingerprint density at radius 2 is 1.65 bits per heavy atom. The third-order valence-corrected chi connectivity index (χ3v) is 3.66. The topological polar surface area (TPSA) is 28.7 Å². The molecule has 0 aliphatic heterocycles. The van der Waals surface area contributed by atoms with Gasteiger partial charge in [-0.2, -0.15) is 13.2 Å². The Morgan fingerprint density at radius 3 is 2.18 bits per heavy atom. The van der Waals surface area contributed by atoms with Crippen LogP contribution in [0.3, 0.4) is 0 Å². The summed E-state index contributed by atoms with van der Waals surface area (Å²) in [4.78, 5) is 5.47. The largest absolute Gasteiger partial charge is 0.449 e. The van der Waals surface area contributed by atoms with Gasteiger partial charge in [0.25, 0.3) is 0 Å². The molecule has 0 saturated heterocycles. The first-order valence-corrected chi connectivity index (χ1v) is 5.47. The van der Waals surface area contributed by atoms with E-state index in [0.29, 0.717) is 5.56 Å². The fourth-order valence-corrected chi connectivity index (χ4v) is 2.12. The standard InChI is InChI=1S/C9H4Cl3F3N2/c1-2-3(10)5(12)7-6(4(2)11)16-8(17-7)9(13,14)15/h1H3,(H,16,17). The maximum absolute atomic E-state index is 12.5. The lowest BCUT2D eigenvalue weighted by Crippen LogP contribution is -2.06. The van der Waals surface area contributed by atoms with Crippen LogP contribution in [-0.4, -0.2) is 9.97 Å². The van der Waals surface area contributed by atoms with Gasteiger partial charge in [0.1, 0.15) is 5.52 Å². The highest BCUT2D eigenvalue weighted by Crippen LogP contribution is 2.40. The Hall–Kier alpha value is -0.650. The van der Waals surface area contributed by atoms with Gasteiger partial charge < -0.3 is 4.98 Å². The molecule has 92 valence electrons. The minimum Gasteiger partial charge on any atom is -0.333 e. The molecule has 0 spiro atoms. The number of rotatable bonds is 0. The normalized spacial score (nSPS) is 12.4. The van der Waals surface area contributed by atoms with E-state index >= 15 is 0 Å². The first-order valence-electron chi connectivity index (χ1n) is 4.33. The number of aromatic amines is 1. The third kappa shape index (κ3) is 1.96. The van der Waals surface area contributed by atoms with Gasteiger partial charge in [-0.3, -0.25) is 0 Å². The zero-order chi connectivity index (χ0) is 13.0. The number of hydrogen-bond donors (Lipinski definition) is 1. The van der Waals surface area contributed by atoms with Crippen molar-refractivity contribution in [2.24, 2.45) is 0 Å². The van der Waals surface area contributed by atoms with E-state index in [9.17, 15) is 13.2 Å². The number of imidazole rings is 1. The van der Waals surface area contributed by atoms with Gasteiger partial charge in [-0.25, -0.2) is 4.98 Å². The number of benzene rings is 1. The number of H-pyrrole nitrogens is 1. The summed E-state index contributed by atoms with van der Waals surface area (Å²) in [6, 6.07) is 0. The van der Waals surface area contributed by atoms with E-state index in [1.807, 2.05) is 0 Å². The molecular formula is C9H4Cl3F3N2. The number of aromatic nitrogens is 2. The molecule has 2 rings (SSSR count). The predicted octanol–water partition coefficient (Wildman–Crippen LogP) is 4.85. The van der Waals surface area contributed by atoms with Crippen LogP contribution < -0.4 is 0 Å². The SMILES string of the molecule is Cc1c(Cl)c(Cl)c2nc(C(F)(F)F)[nH]c2c1Cl. The molecule has 1 heterocycles. The number of halogens is 6. The maximum Gasteiger partial charge on any atom is 0.449 e. The van der Waals surface area contributed by atoms with Crippen LogP contribution in [0.2, 0.25) is 15.1 Å². The van der Waals surface area contributed by atoms with E-state index in [2.05, 4.69) is 9.97 Å². The Labute approximate surface area is 109 Å². The van der Waals surface area contributed by atoms with Crippen molar-refractivity contribution in [2.75, 3.05) is 0 Å². The summed E-state index contributed by atoms with van der Waals surface area (Å²) in [5.74, 6) is -1.15. The predicted molar refractivity (Wildman–Crippen MR) is 60.9 cm³/mol. The lowest BCUT2D eigenvalue weighted by atomic mass is 10.2. The number of nitrogens with zero attached hydrogens (tertiary/aromatic N) is 1. The van der Waals surface area contributed by atoms with Crippen LogP contribution in [0.4, 0.5) is 13.2 Å². The molecule has 0 aliphatic rings. The summed E-state index contributed by atoms with van der Waals surface area (Å²) in [7, 11) is 0. The third-order valence-electron chi connectivity index (χ3n) is 2.25. The van der Waals surface area contributed by atoms with Crippen LogP contribution in [0.5, 0.6) is 0 Å². The average Bonchev–Trinajstić information content (AvgIpc) is 2.67. The van der Waals surface area contributed by atoms with Crippen LogP contribution in [0.25, 0.3) is 11.0 Å². The van der Waals surface area contributed by atoms with E-state index in [0.717, 1.165) is 0 Å². The molecule has 0 unspecified atom stereocenters. The molecule has 0 bridgehead atoms. The molecular weight excluding hydrogens is 299 g/mol. The van der Waals surface area contributed by atoms with Crippen LogP contribution >= 0.6 is 34.8 Å². The second-order valence-electron chi connectivity index (χ2n) is 3.37. The van der Waals surface area contributed by atoms with E-state index in [4.69, 9.17) is 34.8 Å². The molecule has 8 heteroatoms. The van der Waals surface area contributed by atoms with Crippen LogP contribution in [0.1, 0.15) is 11.4 Å². The van der Waals surface area contributed by atoms with E-state index in [-0.39, 0.29) is 26.1 Å². The van der Waals surface area contributed by atoms with Crippen molar-refractivity contribution in [1.82, 2.24) is 9.97 Å². The van der Waals surface area contributed by atoms with Crippen molar-refractivity contribution >= 4 is 45.8 Å². The van der Waals surface area contributed by atoms with E-state index in [1.54, 1.807) is 6.92 Å². The summed E-state index contributed by atoms with van der Waals surface area (Å²) in [6.07, 6.45) is -4.59. The molecule has 1 N–H and O–H groups in total. The van der Waals surface area contributed by atoms with Crippen molar-refractivity contribution in [2.45, 2.75) is 13.1 Å². The quantitative estimate of drug-likeness (QED) is 0.692. The molecule has 2 aromatic rings. The van der Waals surface area contributed by atoms with E-state index in [1.165, 1.54) is 0 Å². The van der Waals surface area contributed by atoms with Gasteiger partial charge in [0, 0.05) is 0 Å². The highest BCUT2D eigenvalue weighted by Gasteiger charge is 2.35. The molecule has 0 saturated carbocycles. The summed E-state index contributed by atoms with van der Waals surface area (Å²) < 4.78 is 37.4. The van der Waals surface area contributed by atoms with Crippen LogP contribution in [0, 0.1) is 6.92 Å². The second kappa shape index (κ2) is 3.93. The molecule has 0 atom stereocenters. The fourth-order valence-electron chi connectivity index (χ4n) is 1.38. The van der Waals surface area contributed by atoms with Gasteiger partial charge >= 0.3 is 6.18 Å². The second-order valence-corrected chi connectivity index (χ2v) is 4.51. The number of hydrogen-bond acceptors (Lipinski definition) is 1. The Kier molecular flexibility index (Phi) is 2.96. The summed E-state index contributed by atoms with van der Waals surface area (Å²) in [5.41, 5.74) is 0.355. The molecule has 1 aromatic heterocycles. The van der Waals surface area contributed by atoms with Crippen molar-refractivity contribution in [3.05, 3.63) is 26.5 Å². The van der Waals surface area contributed by atoms with Crippen molar-refractivity contribution in [3.8, 4) is 0 Å². The van der Waals surface area contributed by atoms with Crippen molar-refractivity contribution in [3.63, 3.8) is 0 Å². The fraction of sp³-hybridized carbons (Fsp3) is 0.222. The first kappa shape index (κ1) is 12.8. The number of fused-ring (bicyclic) bond motifs is 1. The molecule has 2 nitrogen and oxygen atoms in total. The van der Waals surface area contributed by atoms with Gasteiger partial charge in [0.05, 0.1) is 20.6 Å². The monoisotopic (exact) mass is 302 g/mol. The van der Waals surface area contributed by atoms with E-state index < -0.39 is 12.0 Å². The van der Waals surface area contributed by atoms with Gasteiger partial charge in [-0.15, -0.1) is 0 Å². The maximum atomic E-state index is 12.5. The first-order chi connectivity index (χ1) is 7.73. The van der Waals surface area contributed by atoms with Gasteiger partial charge in [0.2, 0.25) is 5.82 Å². The minimum atomic E-state index is -4.59. The van der Waals surface area contributed by atoms with Crippen LogP contribution in [0.15, 0.2) is 0 Å². The molecule has 0 radical (unpaired) electrons. The smallest absolute Gasteiger partial charge is 0.333 e. The summed E-state index contributed by atoms with van der Waals surface area (Å²) in [5, 5.41) is 0.136. The van der Waals surface area contributed by atoms with Gasteiger partial charge in [0.15, 0.2) is 0 Å². The summed E-state index contributed by atoms with van der Waals surface area (Å²) >= 11 is 17.5. The molecule has 0 amide bonds. The molecule has 17 heavy (non-hydrogen) atoms. The lowest BCUT2D eigenvalue weighted by molar-refractivity contribution is -0.144. The zero-order valence-corrected chi connectivity index (χ0v) is 10.5. The Morgan fingerprint density at radius 1 is 1.06 bits per heavy atom. The zero-order valence-electron chi connectivity index (χ0n) is 8.22. The minimum absolute atomic E-state index is 0.0332. The molecule has 1 aromatic carbocycles. The van der Waals surface area contributed by atoms with Crippen molar-refractivity contribution in [1.29, 1.82) is 0 Å². The van der Waals surface area contributed by atoms with Gasteiger partial charge in [-0.05, 0) is 12.5 Å².